The average Bonchev–Trinajstić information content (AvgIpc) is 2.33. The van der Waals surface area contributed by atoms with E-state index in [1.807, 2.05) is 7.05 Å². The van der Waals surface area contributed by atoms with Gasteiger partial charge < -0.3 is 15.2 Å². The van der Waals surface area contributed by atoms with Gasteiger partial charge in [-0.1, -0.05) is 19.1 Å². The summed E-state index contributed by atoms with van der Waals surface area (Å²) in [5, 5.41) is 13.0. The second kappa shape index (κ2) is 6.92. The van der Waals surface area contributed by atoms with Crippen LogP contribution in [0.15, 0.2) is 18.2 Å². The molecule has 3 nitrogen and oxygen atoms in total. The molecule has 0 saturated carbocycles. The van der Waals surface area contributed by atoms with Gasteiger partial charge in [0, 0.05) is 6.54 Å². The first kappa shape index (κ1) is 16.0. The maximum absolute atomic E-state index is 9.80. The van der Waals surface area contributed by atoms with Gasteiger partial charge in [0.1, 0.15) is 12.4 Å². The van der Waals surface area contributed by atoms with Crippen LogP contribution < -0.4 is 10.1 Å². The molecule has 0 saturated heterocycles. The zero-order valence-electron chi connectivity index (χ0n) is 12.8. The highest BCUT2D eigenvalue weighted by atomic mass is 16.5. The fourth-order valence-electron chi connectivity index (χ4n) is 2.08. The Balaban J connectivity index is 2.96. The minimum absolute atomic E-state index is 0.305. The first-order chi connectivity index (χ1) is 8.87. The van der Waals surface area contributed by atoms with E-state index in [4.69, 9.17) is 4.74 Å². The van der Waals surface area contributed by atoms with Gasteiger partial charge in [-0.2, -0.15) is 0 Å². The molecule has 0 aliphatic carbocycles. The fraction of sp³-hybridized carbons (Fsp3) is 0.625. The molecule has 2 N–H and O–H groups in total. The predicted molar refractivity (Wildman–Crippen MR) is 79.9 cm³/mol. The maximum Gasteiger partial charge on any atom is 0.123 e. The molecule has 1 aromatic rings. The number of hydrogen-bond acceptors (Lipinski definition) is 3. The molecular weight excluding hydrogens is 238 g/mol. The van der Waals surface area contributed by atoms with Crippen molar-refractivity contribution in [2.75, 3.05) is 20.2 Å². The monoisotopic (exact) mass is 265 g/mol. The molecule has 19 heavy (non-hydrogen) atoms. The van der Waals surface area contributed by atoms with Crippen molar-refractivity contribution in [2.24, 2.45) is 0 Å². The van der Waals surface area contributed by atoms with Gasteiger partial charge in [0.15, 0.2) is 0 Å². The SMILES string of the molecule is CCC(CNC)c1ccc(C)cc1OCC(C)(C)O. The minimum Gasteiger partial charge on any atom is -0.490 e. The number of rotatable bonds is 7. The highest BCUT2D eigenvalue weighted by molar-refractivity contribution is 5.40. The summed E-state index contributed by atoms with van der Waals surface area (Å²) in [6.07, 6.45) is 1.06. The van der Waals surface area contributed by atoms with Crippen LogP contribution in [0.1, 0.15) is 44.2 Å². The Bertz CT molecular complexity index is 396. The van der Waals surface area contributed by atoms with Gasteiger partial charge in [-0.15, -0.1) is 0 Å². The Morgan fingerprint density at radius 2 is 2.05 bits per heavy atom. The van der Waals surface area contributed by atoms with Gasteiger partial charge in [0.25, 0.3) is 0 Å². The molecular formula is C16H27NO2. The molecule has 0 heterocycles. The highest BCUT2D eigenvalue weighted by Crippen LogP contribution is 2.30. The molecule has 1 atom stereocenters. The van der Waals surface area contributed by atoms with Crippen molar-refractivity contribution in [2.45, 2.75) is 45.6 Å². The minimum atomic E-state index is -0.814. The molecule has 1 unspecified atom stereocenters. The lowest BCUT2D eigenvalue weighted by Crippen LogP contribution is -2.28. The summed E-state index contributed by atoms with van der Waals surface area (Å²) in [6, 6.07) is 6.31. The zero-order valence-corrected chi connectivity index (χ0v) is 12.8. The van der Waals surface area contributed by atoms with E-state index in [1.54, 1.807) is 13.8 Å². The van der Waals surface area contributed by atoms with Crippen molar-refractivity contribution in [1.82, 2.24) is 5.32 Å². The van der Waals surface area contributed by atoms with E-state index >= 15 is 0 Å². The molecule has 0 amide bonds. The molecule has 0 fully saturated rings. The highest BCUT2D eigenvalue weighted by Gasteiger charge is 2.18. The summed E-state index contributed by atoms with van der Waals surface area (Å²) < 4.78 is 5.83. The normalized spacial score (nSPS) is 13.4. The third-order valence-corrected chi connectivity index (χ3v) is 3.13. The number of likely N-dealkylation sites (N-methyl/N-ethyl adjacent to an activating group) is 1. The maximum atomic E-state index is 9.80. The molecule has 0 bridgehead atoms. The van der Waals surface area contributed by atoms with Crippen LogP contribution in [-0.2, 0) is 0 Å². The largest absolute Gasteiger partial charge is 0.490 e. The van der Waals surface area contributed by atoms with Crippen LogP contribution in [0.25, 0.3) is 0 Å². The number of ether oxygens (including phenoxy) is 1. The van der Waals surface area contributed by atoms with Crippen LogP contribution in [0.3, 0.4) is 0 Å². The molecule has 0 aliphatic rings. The lowest BCUT2D eigenvalue weighted by molar-refractivity contribution is 0.0280. The lowest BCUT2D eigenvalue weighted by Gasteiger charge is -2.23. The van der Waals surface area contributed by atoms with E-state index < -0.39 is 5.60 Å². The second-order valence-electron chi connectivity index (χ2n) is 5.81. The number of benzene rings is 1. The van der Waals surface area contributed by atoms with Crippen molar-refractivity contribution in [3.63, 3.8) is 0 Å². The van der Waals surface area contributed by atoms with Crippen molar-refractivity contribution >= 4 is 0 Å². The Morgan fingerprint density at radius 3 is 2.58 bits per heavy atom. The lowest BCUT2D eigenvalue weighted by atomic mass is 9.94. The molecule has 1 rings (SSSR count). The molecule has 1 aromatic carbocycles. The first-order valence-corrected chi connectivity index (χ1v) is 6.97. The molecule has 0 aromatic heterocycles. The van der Waals surface area contributed by atoms with Crippen molar-refractivity contribution in [3.05, 3.63) is 29.3 Å². The number of nitrogens with one attached hydrogen (secondary N) is 1. The standard InChI is InChI=1S/C16H27NO2/c1-6-13(10-17-5)14-8-7-12(2)9-15(14)19-11-16(3,4)18/h7-9,13,17-18H,6,10-11H2,1-5H3. The van der Waals surface area contributed by atoms with Crippen molar-refractivity contribution < 1.29 is 9.84 Å². The van der Waals surface area contributed by atoms with Gasteiger partial charge in [0.2, 0.25) is 0 Å². The summed E-state index contributed by atoms with van der Waals surface area (Å²) in [7, 11) is 1.97. The van der Waals surface area contributed by atoms with Crippen molar-refractivity contribution in [1.29, 1.82) is 0 Å². The van der Waals surface area contributed by atoms with Gasteiger partial charge in [0.05, 0.1) is 5.60 Å². The van der Waals surface area contributed by atoms with Crippen LogP contribution in [-0.4, -0.2) is 30.9 Å². The Labute approximate surface area is 117 Å². The quantitative estimate of drug-likeness (QED) is 0.796. The Kier molecular flexibility index (Phi) is 5.83. The number of aliphatic hydroxyl groups is 1. The van der Waals surface area contributed by atoms with E-state index in [-0.39, 0.29) is 0 Å². The molecule has 0 radical (unpaired) electrons. The molecule has 0 spiro atoms. The van der Waals surface area contributed by atoms with Crippen LogP contribution in [0.2, 0.25) is 0 Å². The second-order valence-corrected chi connectivity index (χ2v) is 5.81. The van der Waals surface area contributed by atoms with Gasteiger partial charge in [-0.05, 0) is 57.4 Å². The Hall–Kier alpha value is -1.06. The molecule has 108 valence electrons. The summed E-state index contributed by atoms with van der Waals surface area (Å²) in [5.41, 5.74) is 1.58. The van der Waals surface area contributed by atoms with Gasteiger partial charge in [-0.3, -0.25) is 0 Å². The van der Waals surface area contributed by atoms with Crippen LogP contribution >= 0.6 is 0 Å². The van der Waals surface area contributed by atoms with E-state index in [0.29, 0.717) is 12.5 Å². The summed E-state index contributed by atoms with van der Waals surface area (Å²) in [5.74, 6) is 1.33. The van der Waals surface area contributed by atoms with Crippen molar-refractivity contribution in [3.8, 4) is 5.75 Å². The number of aryl methyl sites for hydroxylation is 1. The van der Waals surface area contributed by atoms with E-state index in [9.17, 15) is 5.11 Å². The smallest absolute Gasteiger partial charge is 0.123 e. The molecule has 0 aliphatic heterocycles. The van der Waals surface area contributed by atoms with E-state index in [0.717, 1.165) is 18.7 Å². The van der Waals surface area contributed by atoms with Gasteiger partial charge in [-0.25, -0.2) is 0 Å². The first-order valence-electron chi connectivity index (χ1n) is 6.97. The predicted octanol–water partition coefficient (Wildman–Crippen LogP) is 2.86. The summed E-state index contributed by atoms with van der Waals surface area (Å²) in [6.45, 7) is 8.99. The number of hydrogen-bond donors (Lipinski definition) is 2. The van der Waals surface area contributed by atoms with Crippen LogP contribution in [0.4, 0.5) is 0 Å². The summed E-state index contributed by atoms with van der Waals surface area (Å²) in [4.78, 5) is 0. The topological polar surface area (TPSA) is 41.5 Å². The van der Waals surface area contributed by atoms with Crippen LogP contribution in [0, 0.1) is 6.92 Å². The van der Waals surface area contributed by atoms with E-state index in [1.165, 1.54) is 11.1 Å². The third kappa shape index (κ3) is 5.21. The van der Waals surface area contributed by atoms with E-state index in [2.05, 4.69) is 37.4 Å². The van der Waals surface area contributed by atoms with Crippen LogP contribution in [0.5, 0.6) is 5.75 Å². The Morgan fingerprint density at radius 1 is 1.37 bits per heavy atom. The average molecular weight is 265 g/mol. The fourth-order valence-corrected chi connectivity index (χ4v) is 2.08. The third-order valence-electron chi connectivity index (χ3n) is 3.13. The zero-order chi connectivity index (χ0) is 14.5. The molecule has 3 heteroatoms. The van der Waals surface area contributed by atoms with Gasteiger partial charge >= 0.3 is 0 Å². The summed E-state index contributed by atoms with van der Waals surface area (Å²) >= 11 is 0.